The molecular formula is C37H70N+. The quantitative estimate of drug-likeness (QED) is 0.0690. The number of aromatic nitrogens is 1. The number of hydrogen-bond donors (Lipinski definition) is 0. The molecule has 0 saturated heterocycles. The third kappa shape index (κ3) is 23.1. The molecule has 1 heteroatoms. The molecule has 0 bridgehead atoms. The van der Waals surface area contributed by atoms with Crippen LogP contribution in [0.3, 0.4) is 0 Å². The standard InChI is InChI=1S/C37H70N/c1-3-5-7-9-11-13-15-17-19-21-23-25-27-30-34-37(38-35-31-28-32-36-38)33-29-26-24-22-20-18-16-14-12-10-8-6-4-2/h28,31-32,35-37H,3-27,29-30,33-34H2,1-2H3/q+1. The molecule has 1 aromatic rings. The molecular weight excluding hydrogens is 458 g/mol. The number of unbranched alkanes of at least 4 members (excludes halogenated alkanes) is 25. The Morgan fingerprint density at radius 1 is 0.342 bits per heavy atom. The van der Waals surface area contributed by atoms with Crippen LogP contribution < -0.4 is 4.57 Å². The fourth-order valence-corrected chi connectivity index (χ4v) is 6.07. The zero-order chi connectivity index (χ0) is 27.2. The molecule has 38 heavy (non-hydrogen) atoms. The topological polar surface area (TPSA) is 3.88 Å². The van der Waals surface area contributed by atoms with Gasteiger partial charge in [0, 0.05) is 25.0 Å². The molecule has 0 amide bonds. The van der Waals surface area contributed by atoms with Gasteiger partial charge in [-0.05, 0) is 12.8 Å². The van der Waals surface area contributed by atoms with Crippen LogP contribution in [0.15, 0.2) is 30.6 Å². The highest BCUT2D eigenvalue weighted by Gasteiger charge is 2.16. The summed E-state index contributed by atoms with van der Waals surface area (Å²) in [4.78, 5) is 0. The fourth-order valence-electron chi connectivity index (χ4n) is 6.07. The maximum absolute atomic E-state index is 2.50. The number of hydrogen-bond acceptors (Lipinski definition) is 0. The van der Waals surface area contributed by atoms with Crippen LogP contribution in [0.25, 0.3) is 0 Å². The zero-order valence-corrected chi connectivity index (χ0v) is 26.4. The lowest BCUT2D eigenvalue weighted by molar-refractivity contribution is -0.724. The molecule has 1 aromatic heterocycles. The average Bonchev–Trinajstić information content (AvgIpc) is 2.95. The summed E-state index contributed by atoms with van der Waals surface area (Å²) in [6.07, 6.45) is 46.4. The van der Waals surface area contributed by atoms with E-state index in [9.17, 15) is 0 Å². The van der Waals surface area contributed by atoms with E-state index in [2.05, 4.69) is 49.0 Å². The predicted octanol–water partition coefficient (Wildman–Crippen LogP) is 12.9. The Hall–Kier alpha value is -0.850. The van der Waals surface area contributed by atoms with E-state index < -0.39 is 0 Å². The van der Waals surface area contributed by atoms with E-state index in [1.807, 2.05) is 0 Å². The zero-order valence-electron chi connectivity index (χ0n) is 26.4. The Balaban J connectivity index is 2.00. The highest BCUT2D eigenvalue weighted by Crippen LogP contribution is 2.20. The first-order valence-electron chi connectivity index (χ1n) is 17.8. The lowest BCUT2D eigenvalue weighted by atomic mass is 9.99. The van der Waals surface area contributed by atoms with Crippen molar-refractivity contribution < 1.29 is 4.57 Å². The van der Waals surface area contributed by atoms with E-state index in [1.165, 1.54) is 186 Å². The molecule has 0 aliphatic carbocycles. The first-order valence-corrected chi connectivity index (χ1v) is 17.8. The molecule has 0 aromatic carbocycles. The molecule has 1 heterocycles. The fraction of sp³-hybridized carbons (Fsp3) is 0.865. The smallest absolute Gasteiger partial charge is 0.169 e. The third-order valence-corrected chi connectivity index (χ3v) is 8.69. The van der Waals surface area contributed by atoms with Crippen molar-refractivity contribution in [2.24, 2.45) is 0 Å². The molecule has 0 saturated carbocycles. The Morgan fingerprint density at radius 3 is 0.895 bits per heavy atom. The summed E-state index contributed by atoms with van der Waals surface area (Å²) in [6, 6.07) is 7.29. The van der Waals surface area contributed by atoms with Crippen LogP contribution in [0.4, 0.5) is 0 Å². The molecule has 0 aliphatic heterocycles. The molecule has 0 fully saturated rings. The largest absolute Gasteiger partial charge is 0.202 e. The van der Waals surface area contributed by atoms with Gasteiger partial charge in [0.1, 0.15) is 0 Å². The van der Waals surface area contributed by atoms with Crippen LogP contribution in [-0.2, 0) is 0 Å². The van der Waals surface area contributed by atoms with Gasteiger partial charge in [0.15, 0.2) is 18.4 Å². The van der Waals surface area contributed by atoms with Gasteiger partial charge < -0.3 is 0 Å². The van der Waals surface area contributed by atoms with Gasteiger partial charge in [-0.3, -0.25) is 0 Å². The van der Waals surface area contributed by atoms with Gasteiger partial charge in [-0.15, -0.1) is 0 Å². The Labute approximate surface area is 241 Å². The average molecular weight is 529 g/mol. The molecule has 0 radical (unpaired) electrons. The van der Waals surface area contributed by atoms with Crippen molar-refractivity contribution >= 4 is 0 Å². The lowest BCUT2D eigenvalue weighted by Crippen LogP contribution is -2.38. The second-order valence-electron chi connectivity index (χ2n) is 12.4. The minimum absolute atomic E-state index is 0.709. The van der Waals surface area contributed by atoms with Crippen molar-refractivity contribution in [1.29, 1.82) is 0 Å². The lowest BCUT2D eigenvalue weighted by Gasteiger charge is -2.13. The van der Waals surface area contributed by atoms with Gasteiger partial charge in [-0.25, -0.2) is 4.57 Å². The van der Waals surface area contributed by atoms with E-state index in [-0.39, 0.29) is 0 Å². The maximum Gasteiger partial charge on any atom is 0.169 e. The molecule has 222 valence electrons. The van der Waals surface area contributed by atoms with Crippen LogP contribution >= 0.6 is 0 Å². The first kappa shape index (κ1) is 35.2. The molecule has 0 spiro atoms. The second-order valence-corrected chi connectivity index (χ2v) is 12.4. The number of rotatable bonds is 30. The Bertz CT molecular complexity index is 553. The van der Waals surface area contributed by atoms with Crippen molar-refractivity contribution in [2.75, 3.05) is 0 Å². The van der Waals surface area contributed by atoms with Crippen molar-refractivity contribution in [3.05, 3.63) is 30.6 Å². The van der Waals surface area contributed by atoms with Crippen molar-refractivity contribution in [3.8, 4) is 0 Å². The predicted molar refractivity (Wildman–Crippen MR) is 171 cm³/mol. The molecule has 1 rings (SSSR count). The van der Waals surface area contributed by atoms with Crippen LogP contribution in [-0.4, -0.2) is 0 Å². The maximum atomic E-state index is 2.50. The molecule has 0 N–H and O–H groups in total. The summed E-state index contributed by atoms with van der Waals surface area (Å²) in [5.41, 5.74) is 0. The van der Waals surface area contributed by atoms with Crippen molar-refractivity contribution in [1.82, 2.24) is 0 Å². The van der Waals surface area contributed by atoms with Gasteiger partial charge in [0.2, 0.25) is 0 Å². The second kappa shape index (κ2) is 29.1. The van der Waals surface area contributed by atoms with Gasteiger partial charge >= 0.3 is 0 Å². The van der Waals surface area contributed by atoms with Crippen molar-refractivity contribution in [2.45, 2.75) is 206 Å². The Kier molecular flexibility index (Phi) is 27.0. The summed E-state index contributed by atoms with van der Waals surface area (Å²) >= 11 is 0. The number of pyridine rings is 1. The van der Waals surface area contributed by atoms with E-state index in [0.717, 1.165) is 0 Å². The van der Waals surface area contributed by atoms with Crippen LogP contribution in [0.2, 0.25) is 0 Å². The van der Waals surface area contributed by atoms with Crippen LogP contribution in [0.1, 0.15) is 206 Å². The Morgan fingerprint density at radius 2 is 0.605 bits per heavy atom. The SMILES string of the molecule is CCCCCCCCCCCCCCCCC(CCCCCCCCCCCCCCC)[n+]1ccccc1. The highest BCUT2D eigenvalue weighted by molar-refractivity contribution is 4.84. The van der Waals surface area contributed by atoms with E-state index in [1.54, 1.807) is 0 Å². The first-order chi connectivity index (χ1) is 18.9. The van der Waals surface area contributed by atoms with Gasteiger partial charge in [-0.2, -0.15) is 0 Å². The highest BCUT2D eigenvalue weighted by atomic mass is 15.0. The summed E-state index contributed by atoms with van der Waals surface area (Å²) in [5.74, 6) is 0. The summed E-state index contributed by atoms with van der Waals surface area (Å²) < 4.78 is 2.50. The molecule has 0 aliphatic rings. The van der Waals surface area contributed by atoms with Gasteiger partial charge in [-0.1, -0.05) is 180 Å². The molecule has 1 unspecified atom stereocenters. The molecule has 1 atom stereocenters. The normalized spacial score (nSPS) is 12.3. The van der Waals surface area contributed by atoms with Gasteiger partial charge in [0.25, 0.3) is 0 Å². The molecule has 1 nitrogen and oxygen atoms in total. The summed E-state index contributed by atoms with van der Waals surface area (Å²) in [7, 11) is 0. The van der Waals surface area contributed by atoms with E-state index in [0.29, 0.717) is 6.04 Å². The minimum Gasteiger partial charge on any atom is -0.202 e. The van der Waals surface area contributed by atoms with E-state index >= 15 is 0 Å². The summed E-state index contributed by atoms with van der Waals surface area (Å²) in [5, 5.41) is 0. The van der Waals surface area contributed by atoms with Crippen molar-refractivity contribution in [3.63, 3.8) is 0 Å². The van der Waals surface area contributed by atoms with Crippen LogP contribution in [0.5, 0.6) is 0 Å². The number of nitrogens with zero attached hydrogens (tertiary/aromatic N) is 1. The van der Waals surface area contributed by atoms with Gasteiger partial charge in [0.05, 0.1) is 0 Å². The minimum atomic E-state index is 0.709. The van der Waals surface area contributed by atoms with E-state index in [4.69, 9.17) is 0 Å². The monoisotopic (exact) mass is 529 g/mol. The summed E-state index contributed by atoms with van der Waals surface area (Å²) in [6.45, 7) is 4.61. The third-order valence-electron chi connectivity index (χ3n) is 8.69. The van der Waals surface area contributed by atoms with Crippen LogP contribution in [0, 0.1) is 0 Å².